The SMILES string of the molecule is CCC[C@H]1CC[C@@H](N2CC[CH]CC2)CC1. The zero-order chi connectivity index (χ0) is 10.5. The van der Waals surface area contributed by atoms with E-state index in [1.54, 1.807) is 0 Å². The summed E-state index contributed by atoms with van der Waals surface area (Å²) in [5.74, 6) is 1.06. The minimum atomic E-state index is 0.937. The lowest BCUT2D eigenvalue weighted by molar-refractivity contribution is 0.124. The van der Waals surface area contributed by atoms with E-state index >= 15 is 0 Å². The third-order valence-corrected chi connectivity index (χ3v) is 4.27. The summed E-state index contributed by atoms with van der Waals surface area (Å²) in [6.45, 7) is 5.00. The molecule has 0 atom stereocenters. The molecule has 0 amide bonds. The summed E-state index contributed by atoms with van der Waals surface area (Å²) in [6, 6.07) is 0.937. The Kier molecular flexibility index (Phi) is 4.49. The van der Waals surface area contributed by atoms with Gasteiger partial charge in [0.05, 0.1) is 0 Å². The molecule has 1 aliphatic carbocycles. The van der Waals surface area contributed by atoms with Crippen LogP contribution in [0.5, 0.6) is 0 Å². The Morgan fingerprint density at radius 3 is 2.33 bits per heavy atom. The van der Waals surface area contributed by atoms with Crippen LogP contribution in [-0.2, 0) is 0 Å². The third kappa shape index (κ3) is 3.21. The molecule has 1 heteroatoms. The lowest BCUT2D eigenvalue weighted by atomic mass is 9.82. The second kappa shape index (κ2) is 5.89. The number of nitrogens with zero attached hydrogens (tertiary/aromatic N) is 1. The minimum absolute atomic E-state index is 0.937. The summed E-state index contributed by atoms with van der Waals surface area (Å²) in [5.41, 5.74) is 0. The molecule has 2 aliphatic rings. The molecule has 1 nitrogen and oxygen atoms in total. The first-order chi connectivity index (χ1) is 7.40. The summed E-state index contributed by atoms with van der Waals surface area (Å²) in [5, 5.41) is 0. The monoisotopic (exact) mass is 208 g/mol. The topological polar surface area (TPSA) is 3.24 Å². The Morgan fingerprint density at radius 1 is 1.07 bits per heavy atom. The molecule has 1 aliphatic heterocycles. The van der Waals surface area contributed by atoms with E-state index in [0.717, 1.165) is 12.0 Å². The summed E-state index contributed by atoms with van der Waals surface area (Å²) < 4.78 is 0. The highest BCUT2D eigenvalue weighted by molar-refractivity contribution is 4.84. The molecular weight excluding hydrogens is 182 g/mol. The van der Waals surface area contributed by atoms with Gasteiger partial charge < -0.3 is 4.90 Å². The zero-order valence-electron chi connectivity index (χ0n) is 10.3. The van der Waals surface area contributed by atoms with Crippen molar-refractivity contribution < 1.29 is 0 Å². The van der Waals surface area contributed by atoms with Gasteiger partial charge >= 0.3 is 0 Å². The molecule has 0 unspecified atom stereocenters. The van der Waals surface area contributed by atoms with E-state index in [1.807, 2.05) is 0 Å². The molecule has 1 saturated heterocycles. The van der Waals surface area contributed by atoms with Gasteiger partial charge in [0.15, 0.2) is 0 Å². The molecule has 0 N–H and O–H groups in total. The molecule has 0 spiro atoms. The van der Waals surface area contributed by atoms with Crippen molar-refractivity contribution in [2.24, 2.45) is 5.92 Å². The number of likely N-dealkylation sites (tertiary alicyclic amines) is 1. The van der Waals surface area contributed by atoms with E-state index in [-0.39, 0.29) is 0 Å². The Balaban J connectivity index is 1.72. The summed E-state index contributed by atoms with van der Waals surface area (Å²) in [7, 11) is 0. The van der Waals surface area contributed by atoms with Crippen LogP contribution in [0.4, 0.5) is 0 Å². The van der Waals surface area contributed by atoms with Crippen LogP contribution in [0.1, 0.15) is 58.3 Å². The van der Waals surface area contributed by atoms with E-state index in [4.69, 9.17) is 0 Å². The van der Waals surface area contributed by atoms with Gasteiger partial charge in [-0.3, -0.25) is 0 Å². The summed E-state index contributed by atoms with van der Waals surface area (Å²) >= 11 is 0. The van der Waals surface area contributed by atoms with Crippen molar-refractivity contribution in [2.75, 3.05) is 13.1 Å². The molecular formula is C14H26N. The Bertz CT molecular complexity index is 164. The fraction of sp³-hybridized carbons (Fsp3) is 0.929. The predicted octanol–water partition coefficient (Wildman–Crippen LogP) is 3.65. The molecule has 87 valence electrons. The van der Waals surface area contributed by atoms with Crippen molar-refractivity contribution in [1.29, 1.82) is 0 Å². The van der Waals surface area contributed by atoms with Gasteiger partial charge in [0, 0.05) is 6.04 Å². The lowest BCUT2D eigenvalue weighted by Gasteiger charge is -2.38. The highest BCUT2D eigenvalue weighted by Crippen LogP contribution is 2.31. The molecule has 2 fully saturated rings. The molecule has 2 rings (SSSR count). The van der Waals surface area contributed by atoms with Crippen LogP contribution in [0.2, 0.25) is 0 Å². The van der Waals surface area contributed by atoms with Crippen molar-refractivity contribution in [3.05, 3.63) is 6.42 Å². The van der Waals surface area contributed by atoms with Gasteiger partial charge in [0.25, 0.3) is 0 Å². The third-order valence-electron chi connectivity index (χ3n) is 4.27. The van der Waals surface area contributed by atoms with Crippen molar-refractivity contribution in [3.8, 4) is 0 Å². The van der Waals surface area contributed by atoms with Crippen LogP contribution >= 0.6 is 0 Å². The van der Waals surface area contributed by atoms with Crippen molar-refractivity contribution >= 4 is 0 Å². The molecule has 0 bridgehead atoms. The Labute approximate surface area is 95.2 Å². The van der Waals surface area contributed by atoms with Crippen LogP contribution < -0.4 is 0 Å². The second-order valence-electron chi connectivity index (χ2n) is 5.37. The average molecular weight is 208 g/mol. The van der Waals surface area contributed by atoms with E-state index in [2.05, 4.69) is 18.2 Å². The van der Waals surface area contributed by atoms with E-state index in [1.165, 1.54) is 64.5 Å². The fourth-order valence-electron chi connectivity index (χ4n) is 3.34. The predicted molar refractivity (Wildman–Crippen MR) is 65.8 cm³/mol. The van der Waals surface area contributed by atoms with Gasteiger partial charge in [-0.15, -0.1) is 0 Å². The first-order valence-corrected chi connectivity index (χ1v) is 6.96. The number of hydrogen-bond acceptors (Lipinski definition) is 1. The van der Waals surface area contributed by atoms with Crippen LogP contribution in [0.3, 0.4) is 0 Å². The minimum Gasteiger partial charge on any atom is -0.300 e. The first kappa shape index (κ1) is 11.4. The fourth-order valence-corrected chi connectivity index (χ4v) is 3.34. The maximum absolute atomic E-state index is 2.75. The molecule has 15 heavy (non-hydrogen) atoms. The number of rotatable bonds is 3. The first-order valence-electron chi connectivity index (χ1n) is 6.96. The van der Waals surface area contributed by atoms with E-state index < -0.39 is 0 Å². The molecule has 0 aromatic heterocycles. The summed E-state index contributed by atoms with van der Waals surface area (Å²) in [4.78, 5) is 2.75. The molecule has 1 saturated carbocycles. The number of piperidine rings is 1. The van der Waals surface area contributed by atoms with E-state index in [9.17, 15) is 0 Å². The van der Waals surface area contributed by atoms with Gasteiger partial charge in [0.1, 0.15) is 0 Å². The van der Waals surface area contributed by atoms with Gasteiger partial charge in [-0.05, 0) is 64.0 Å². The highest BCUT2D eigenvalue weighted by Gasteiger charge is 2.25. The maximum atomic E-state index is 2.75. The van der Waals surface area contributed by atoms with Crippen molar-refractivity contribution in [3.63, 3.8) is 0 Å². The normalized spacial score (nSPS) is 34.2. The van der Waals surface area contributed by atoms with Crippen LogP contribution in [0, 0.1) is 12.3 Å². The Hall–Kier alpha value is -0.0400. The van der Waals surface area contributed by atoms with Crippen molar-refractivity contribution in [2.45, 2.75) is 64.3 Å². The van der Waals surface area contributed by atoms with Crippen LogP contribution in [0.25, 0.3) is 0 Å². The Morgan fingerprint density at radius 2 is 1.73 bits per heavy atom. The quantitative estimate of drug-likeness (QED) is 0.684. The molecule has 0 aromatic rings. The number of hydrogen-bond donors (Lipinski definition) is 0. The largest absolute Gasteiger partial charge is 0.300 e. The average Bonchev–Trinajstić information content (AvgIpc) is 2.32. The van der Waals surface area contributed by atoms with Gasteiger partial charge in [-0.1, -0.05) is 19.8 Å². The smallest absolute Gasteiger partial charge is 0.00954 e. The lowest BCUT2D eigenvalue weighted by Crippen LogP contribution is -2.41. The molecule has 0 aromatic carbocycles. The molecule has 1 radical (unpaired) electrons. The van der Waals surface area contributed by atoms with Crippen molar-refractivity contribution in [1.82, 2.24) is 4.90 Å². The van der Waals surface area contributed by atoms with Gasteiger partial charge in [-0.25, -0.2) is 0 Å². The second-order valence-corrected chi connectivity index (χ2v) is 5.37. The van der Waals surface area contributed by atoms with Gasteiger partial charge in [-0.2, -0.15) is 0 Å². The van der Waals surface area contributed by atoms with Crippen LogP contribution in [-0.4, -0.2) is 24.0 Å². The maximum Gasteiger partial charge on any atom is 0.00954 e. The standard InChI is InChI=1S/C14H26N/c1-2-6-13-7-9-14(10-8-13)15-11-4-3-5-12-15/h3,13-14H,2,4-12H2,1H3/t13-,14+. The van der Waals surface area contributed by atoms with Gasteiger partial charge in [0.2, 0.25) is 0 Å². The van der Waals surface area contributed by atoms with E-state index in [0.29, 0.717) is 0 Å². The summed E-state index contributed by atoms with van der Waals surface area (Å²) in [6.07, 6.45) is 13.9. The molecule has 1 heterocycles. The zero-order valence-corrected chi connectivity index (χ0v) is 10.3. The highest BCUT2D eigenvalue weighted by atomic mass is 15.2. The van der Waals surface area contributed by atoms with Crippen LogP contribution in [0.15, 0.2) is 0 Å².